The smallest absolute Gasteiger partial charge is 0.266 e. The van der Waals surface area contributed by atoms with Crippen LogP contribution in [0.25, 0.3) is 21.1 Å². The minimum atomic E-state index is -3.67. The van der Waals surface area contributed by atoms with Gasteiger partial charge in [0.15, 0.2) is 0 Å². The SMILES string of the molecule is CN(C(=O)c1cccc(-c2cnc(-c3cncc(F)c3)s2)n1)S(C)(=O)=O. The van der Waals surface area contributed by atoms with Crippen LogP contribution in [0.15, 0.2) is 42.9 Å². The third kappa shape index (κ3) is 3.75. The Bertz CT molecular complexity index is 1080. The molecular formula is C16H13FN4O3S2. The largest absolute Gasteiger partial charge is 0.285 e. The van der Waals surface area contributed by atoms with E-state index < -0.39 is 21.7 Å². The number of aromatic nitrogens is 3. The summed E-state index contributed by atoms with van der Waals surface area (Å²) >= 11 is 1.26. The standard InChI is InChI=1S/C16H13FN4O3S2/c1-21(26(2,23)24)16(22)13-5-3-4-12(20-13)14-9-19-15(25-14)10-6-11(17)8-18-7-10/h3-9H,1-2H3. The number of amides is 1. The molecule has 0 unspecified atom stereocenters. The molecule has 0 spiro atoms. The third-order valence-corrected chi connectivity index (χ3v) is 5.69. The second kappa shape index (κ2) is 6.89. The molecule has 0 saturated carbocycles. The minimum absolute atomic E-state index is 0.00204. The van der Waals surface area contributed by atoms with Gasteiger partial charge in [0.25, 0.3) is 5.91 Å². The normalized spacial score (nSPS) is 11.3. The van der Waals surface area contributed by atoms with Crippen LogP contribution in [0.4, 0.5) is 4.39 Å². The van der Waals surface area contributed by atoms with Crippen LogP contribution in [0.5, 0.6) is 0 Å². The Hall–Kier alpha value is -2.72. The molecule has 0 aliphatic carbocycles. The monoisotopic (exact) mass is 392 g/mol. The minimum Gasteiger partial charge on any atom is -0.266 e. The van der Waals surface area contributed by atoms with Crippen molar-refractivity contribution in [3.05, 3.63) is 54.4 Å². The highest BCUT2D eigenvalue weighted by molar-refractivity contribution is 7.88. The molecule has 26 heavy (non-hydrogen) atoms. The van der Waals surface area contributed by atoms with Crippen LogP contribution >= 0.6 is 11.3 Å². The predicted molar refractivity (Wildman–Crippen MR) is 95.5 cm³/mol. The van der Waals surface area contributed by atoms with Crippen LogP contribution in [-0.2, 0) is 10.0 Å². The molecular weight excluding hydrogens is 379 g/mol. The summed E-state index contributed by atoms with van der Waals surface area (Å²) in [6, 6.07) is 6.04. The number of halogens is 1. The van der Waals surface area contributed by atoms with Crippen molar-refractivity contribution >= 4 is 27.3 Å². The quantitative estimate of drug-likeness (QED) is 0.677. The molecule has 7 nitrogen and oxygen atoms in total. The molecule has 0 aliphatic rings. The molecule has 0 fully saturated rings. The second-order valence-electron chi connectivity index (χ2n) is 5.37. The molecule has 134 valence electrons. The maximum atomic E-state index is 13.3. The maximum Gasteiger partial charge on any atom is 0.285 e. The topological polar surface area (TPSA) is 93.1 Å². The van der Waals surface area contributed by atoms with Gasteiger partial charge in [-0.15, -0.1) is 11.3 Å². The van der Waals surface area contributed by atoms with E-state index in [4.69, 9.17) is 0 Å². The number of nitrogens with zero attached hydrogens (tertiary/aromatic N) is 4. The van der Waals surface area contributed by atoms with Crippen molar-refractivity contribution in [2.24, 2.45) is 0 Å². The maximum absolute atomic E-state index is 13.3. The van der Waals surface area contributed by atoms with Crippen LogP contribution in [0.3, 0.4) is 0 Å². The lowest BCUT2D eigenvalue weighted by atomic mass is 10.2. The van der Waals surface area contributed by atoms with Gasteiger partial charge in [-0.25, -0.2) is 27.1 Å². The summed E-state index contributed by atoms with van der Waals surface area (Å²) in [5, 5.41) is 0.554. The van der Waals surface area contributed by atoms with Crippen LogP contribution in [-0.4, -0.2) is 46.9 Å². The van der Waals surface area contributed by atoms with Gasteiger partial charge in [0.2, 0.25) is 10.0 Å². The number of sulfonamides is 1. The number of carbonyl (C=O) groups excluding carboxylic acids is 1. The molecule has 0 N–H and O–H groups in total. The van der Waals surface area contributed by atoms with Crippen molar-refractivity contribution < 1.29 is 17.6 Å². The van der Waals surface area contributed by atoms with Gasteiger partial charge in [-0.3, -0.25) is 9.78 Å². The molecule has 1 amide bonds. The third-order valence-electron chi connectivity index (χ3n) is 3.46. The van der Waals surface area contributed by atoms with E-state index >= 15 is 0 Å². The summed E-state index contributed by atoms with van der Waals surface area (Å²) in [4.78, 5) is 25.2. The summed E-state index contributed by atoms with van der Waals surface area (Å²) in [6.45, 7) is 0. The Labute approximate surface area is 153 Å². The lowest BCUT2D eigenvalue weighted by Gasteiger charge is -2.13. The van der Waals surface area contributed by atoms with E-state index in [9.17, 15) is 17.6 Å². The highest BCUT2D eigenvalue weighted by atomic mass is 32.2. The van der Waals surface area contributed by atoms with Crippen molar-refractivity contribution in [1.82, 2.24) is 19.3 Å². The zero-order valence-electron chi connectivity index (χ0n) is 13.7. The Balaban J connectivity index is 1.93. The molecule has 3 aromatic rings. The fraction of sp³-hybridized carbons (Fsp3) is 0.125. The predicted octanol–water partition coefficient (Wildman–Crippen LogP) is 2.44. The molecule has 3 aromatic heterocycles. The number of pyridine rings is 2. The summed E-state index contributed by atoms with van der Waals surface area (Å²) in [6.07, 6.45) is 5.10. The summed E-state index contributed by atoms with van der Waals surface area (Å²) in [5.74, 6) is -1.19. The number of thiazole rings is 1. The van der Waals surface area contributed by atoms with E-state index in [-0.39, 0.29) is 5.69 Å². The average Bonchev–Trinajstić information content (AvgIpc) is 3.10. The second-order valence-corrected chi connectivity index (χ2v) is 8.41. The molecule has 0 bridgehead atoms. The van der Waals surface area contributed by atoms with E-state index in [2.05, 4.69) is 15.0 Å². The van der Waals surface area contributed by atoms with Crippen LogP contribution < -0.4 is 0 Å². The highest BCUT2D eigenvalue weighted by Crippen LogP contribution is 2.31. The number of hydrogen-bond acceptors (Lipinski definition) is 7. The van der Waals surface area contributed by atoms with E-state index in [0.29, 0.717) is 25.4 Å². The van der Waals surface area contributed by atoms with Crippen molar-refractivity contribution in [1.29, 1.82) is 0 Å². The molecule has 0 atom stereocenters. The first kappa shape index (κ1) is 18.1. The van der Waals surface area contributed by atoms with Crippen LogP contribution in [0.1, 0.15) is 10.5 Å². The lowest BCUT2D eigenvalue weighted by molar-refractivity contribution is 0.0878. The van der Waals surface area contributed by atoms with Gasteiger partial charge < -0.3 is 0 Å². The van der Waals surface area contributed by atoms with Gasteiger partial charge in [0, 0.05) is 25.0 Å². The molecule has 3 heterocycles. The van der Waals surface area contributed by atoms with E-state index in [1.807, 2.05) is 0 Å². The van der Waals surface area contributed by atoms with E-state index in [1.54, 1.807) is 18.3 Å². The van der Waals surface area contributed by atoms with E-state index in [0.717, 1.165) is 12.5 Å². The van der Waals surface area contributed by atoms with Crippen LogP contribution in [0, 0.1) is 5.82 Å². The Morgan fingerprint density at radius 3 is 2.69 bits per heavy atom. The molecule has 0 aromatic carbocycles. The first-order valence-electron chi connectivity index (χ1n) is 7.28. The first-order valence-corrected chi connectivity index (χ1v) is 9.94. The first-order chi connectivity index (χ1) is 12.3. The zero-order chi connectivity index (χ0) is 18.9. The summed E-state index contributed by atoms with van der Waals surface area (Å²) < 4.78 is 37.0. The van der Waals surface area contributed by atoms with Crippen LogP contribution in [0.2, 0.25) is 0 Å². The number of carbonyl (C=O) groups is 1. The average molecular weight is 392 g/mol. The lowest BCUT2D eigenvalue weighted by Crippen LogP contribution is -2.32. The number of hydrogen-bond donors (Lipinski definition) is 0. The fourth-order valence-electron chi connectivity index (χ4n) is 2.06. The van der Waals surface area contributed by atoms with Gasteiger partial charge in [-0.2, -0.15) is 0 Å². The molecule has 3 rings (SSSR count). The Morgan fingerprint density at radius 2 is 2.00 bits per heavy atom. The van der Waals surface area contributed by atoms with E-state index in [1.165, 1.54) is 36.7 Å². The highest BCUT2D eigenvalue weighted by Gasteiger charge is 2.21. The van der Waals surface area contributed by atoms with Gasteiger partial charge in [0.05, 0.1) is 23.0 Å². The molecule has 0 radical (unpaired) electrons. The fourth-order valence-corrected chi connectivity index (χ4v) is 3.32. The van der Waals surface area contributed by atoms with Crippen molar-refractivity contribution in [3.63, 3.8) is 0 Å². The molecule has 0 saturated heterocycles. The summed E-state index contributed by atoms with van der Waals surface area (Å²) in [5.41, 5.74) is 0.994. The Morgan fingerprint density at radius 1 is 1.23 bits per heavy atom. The van der Waals surface area contributed by atoms with Crippen molar-refractivity contribution in [2.45, 2.75) is 0 Å². The zero-order valence-corrected chi connectivity index (χ0v) is 15.4. The van der Waals surface area contributed by atoms with Gasteiger partial charge >= 0.3 is 0 Å². The van der Waals surface area contributed by atoms with Gasteiger partial charge in [-0.1, -0.05) is 6.07 Å². The van der Waals surface area contributed by atoms with Gasteiger partial charge in [-0.05, 0) is 18.2 Å². The Kier molecular flexibility index (Phi) is 4.79. The molecule has 10 heteroatoms. The molecule has 0 aliphatic heterocycles. The number of rotatable bonds is 4. The van der Waals surface area contributed by atoms with Gasteiger partial charge in [0.1, 0.15) is 16.5 Å². The van der Waals surface area contributed by atoms with Crippen molar-refractivity contribution in [2.75, 3.05) is 13.3 Å². The van der Waals surface area contributed by atoms with Crippen molar-refractivity contribution in [3.8, 4) is 21.1 Å². The summed E-state index contributed by atoms with van der Waals surface area (Å²) in [7, 11) is -2.50.